The van der Waals surface area contributed by atoms with Gasteiger partial charge in [0.1, 0.15) is 16.3 Å². The fourth-order valence-corrected chi connectivity index (χ4v) is 5.85. The van der Waals surface area contributed by atoms with E-state index in [0.717, 1.165) is 6.07 Å². The summed E-state index contributed by atoms with van der Waals surface area (Å²) in [7, 11) is -9.69. The van der Waals surface area contributed by atoms with Crippen LogP contribution in [-0.4, -0.2) is 62.3 Å². The van der Waals surface area contributed by atoms with Gasteiger partial charge in [-0.15, -0.1) is 10.1 Å². The minimum absolute atomic E-state index is 0.0774. The number of carbonyl (C=O) groups is 3. The monoisotopic (exact) mass is 733 g/mol. The van der Waals surface area contributed by atoms with Crippen LogP contribution in [0, 0.1) is 11.5 Å². The van der Waals surface area contributed by atoms with E-state index in [2.05, 4.69) is 41.4 Å². The molecule has 0 spiro atoms. The summed E-state index contributed by atoms with van der Waals surface area (Å²) in [5.74, 6) is -2.24. The molecule has 0 bridgehead atoms. The van der Waals surface area contributed by atoms with Crippen molar-refractivity contribution in [2.75, 3.05) is 11.9 Å². The number of rotatable bonds is 10. The van der Waals surface area contributed by atoms with Crippen LogP contribution in [0.4, 0.5) is 22.7 Å². The topological polar surface area (TPSA) is 291 Å². The Balaban J connectivity index is 1.31. The first-order valence-corrected chi connectivity index (χ1v) is 17.2. The van der Waals surface area contributed by atoms with E-state index in [-0.39, 0.29) is 51.7 Å². The second kappa shape index (κ2) is 14.6. The number of carbonyl (C=O) groups excluding carboxylic acids is 3. The van der Waals surface area contributed by atoms with E-state index in [4.69, 9.17) is 10.00 Å². The van der Waals surface area contributed by atoms with Crippen molar-refractivity contribution in [3.8, 4) is 11.9 Å². The third-order valence-electron chi connectivity index (χ3n) is 6.80. The van der Waals surface area contributed by atoms with E-state index in [1.165, 1.54) is 66.9 Å². The van der Waals surface area contributed by atoms with Crippen molar-refractivity contribution in [1.82, 2.24) is 10.6 Å². The molecule has 1 fully saturated rings. The van der Waals surface area contributed by atoms with Gasteiger partial charge in [-0.25, -0.2) is 0 Å². The van der Waals surface area contributed by atoms with Crippen molar-refractivity contribution in [2.45, 2.75) is 22.8 Å². The Labute approximate surface area is 288 Å². The predicted octanol–water partition coefficient (Wildman–Crippen LogP) is 3.93. The normalized spacial score (nSPS) is 15.0. The molecule has 4 aromatic rings. The van der Waals surface area contributed by atoms with Gasteiger partial charge in [0.25, 0.3) is 38.0 Å². The molecule has 21 heteroatoms. The first-order valence-electron chi connectivity index (χ1n) is 14.3. The van der Waals surface area contributed by atoms with Gasteiger partial charge < -0.3 is 10.1 Å². The molecular weight excluding hydrogens is 711 g/mol. The van der Waals surface area contributed by atoms with Crippen LogP contribution in [0.2, 0.25) is 0 Å². The van der Waals surface area contributed by atoms with Gasteiger partial charge in [0.15, 0.2) is 0 Å². The summed E-state index contributed by atoms with van der Waals surface area (Å²) in [6.45, 7) is 1.94. The van der Waals surface area contributed by atoms with Crippen molar-refractivity contribution >= 4 is 77.4 Å². The number of azo groups is 2. The zero-order chi connectivity index (χ0) is 36.9. The molecule has 19 nitrogen and oxygen atoms in total. The molecule has 0 aromatic heterocycles. The van der Waals surface area contributed by atoms with Crippen LogP contribution in [0.25, 0.3) is 10.8 Å². The Morgan fingerprint density at radius 1 is 0.882 bits per heavy atom. The lowest BCUT2D eigenvalue weighted by atomic mass is 10.1. The van der Waals surface area contributed by atoms with Gasteiger partial charge in [-0.3, -0.25) is 34.1 Å². The number of hydrogen-bond acceptors (Lipinski definition) is 14. The van der Waals surface area contributed by atoms with Crippen molar-refractivity contribution in [2.24, 2.45) is 25.4 Å². The Hall–Kier alpha value is -6.47. The number of hydrogen-bond donors (Lipinski definition) is 5. The molecule has 1 heterocycles. The Bertz CT molecular complexity index is 2420. The zero-order valence-corrected chi connectivity index (χ0v) is 27.5. The smallest absolute Gasteiger partial charge is 0.295 e. The summed E-state index contributed by atoms with van der Waals surface area (Å²) in [5, 5.41) is 31.6. The second-order valence-electron chi connectivity index (χ2n) is 10.3. The molecule has 1 aliphatic heterocycles. The molecule has 0 saturated carbocycles. The Kier molecular flexibility index (Phi) is 10.2. The van der Waals surface area contributed by atoms with Crippen LogP contribution in [0.1, 0.15) is 17.3 Å². The molecule has 1 saturated heterocycles. The number of amides is 3. The molecule has 4 aromatic carbocycles. The molecule has 3 amide bonds. The van der Waals surface area contributed by atoms with Crippen LogP contribution < -0.4 is 20.7 Å². The Morgan fingerprint density at radius 2 is 1.57 bits per heavy atom. The van der Waals surface area contributed by atoms with Gasteiger partial charge in [-0.05, 0) is 73.0 Å². The van der Waals surface area contributed by atoms with Crippen LogP contribution in [0.3, 0.4) is 0 Å². The van der Waals surface area contributed by atoms with Crippen molar-refractivity contribution in [3.63, 3.8) is 0 Å². The summed E-state index contributed by atoms with van der Waals surface area (Å²) >= 11 is 0. The molecule has 0 atom stereocenters. The highest BCUT2D eigenvalue weighted by Crippen LogP contribution is 2.34. The number of nitrogens with one attached hydrogen (secondary N) is 3. The average molecular weight is 734 g/mol. The van der Waals surface area contributed by atoms with Crippen molar-refractivity contribution < 1.29 is 45.1 Å². The first kappa shape index (κ1) is 35.8. The number of ether oxygens (including phenoxy) is 1. The average Bonchev–Trinajstić information content (AvgIpc) is 3.06. The van der Waals surface area contributed by atoms with Crippen molar-refractivity contribution in [3.05, 3.63) is 78.4 Å². The molecular formula is C30H23N9O10S2. The summed E-state index contributed by atoms with van der Waals surface area (Å²) in [4.78, 5) is 38.9. The van der Waals surface area contributed by atoms with Gasteiger partial charge >= 0.3 is 0 Å². The highest BCUT2D eigenvalue weighted by Gasteiger charge is 2.33. The minimum atomic E-state index is -4.91. The number of anilines is 1. The number of guanidine groups is 1. The lowest BCUT2D eigenvalue weighted by Gasteiger charge is -2.18. The zero-order valence-electron chi connectivity index (χ0n) is 25.9. The van der Waals surface area contributed by atoms with Crippen LogP contribution in [0.5, 0.6) is 5.75 Å². The predicted molar refractivity (Wildman–Crippen MR) is 177 cm³/mol. The third-order valence-corrected chi connectivity index (χ3v) is 8.52. The van der Waals surface area contributed by atoms with E-state index in [0.29, 0.717) is 11.8 Å². The van der Waals surface area contributed by atoms with Crippen LogP contribution in [-0.2, 0) is 29.8 Å². The number of nitriles is 1. The molecule has 51 heavy (non-hydrogen) atoms. The van der Waals surface area contributed by atoms with Crippen LogP contribution >= 0.6 is 0 Å². The molecule has 1 aliphatic rings. The molecule has 0 unspecified atom stereocenters. The van der Waals surface area contributed by atoms with Crippen molar-refractivity contribution in [1.29, 1.82) is 5.26 Å². The number of nitrogens with zero attached hydrogens (tertiary/aromatic N) is 6. The van der Waals surface area contributed by atoms with Gasteiger partial charge in [0, 0.05) is 22.7 Å². The van der Waals surface area contributed by atoms with E-state index < -0.39 is 53.8 Å². The molecule has 0 radical (unpaired) electrons. The quantitative estimate of drug-likeness (QED) is 0.0673. The lowest BCUT2D eigenvalue weighted by Crippen LogP contribution is -2.58. The van der Waals surface area contributed by atoms with E-state index in [1.807, 2.05) is 0 Å². The summed E-state index contributed by atoms with van der Waals surface area (Å²) < 4.78 is 72.0. The summed E-state index contributed by atoms with van der Waals surface area (Å²) in [6, 6.07) is 14.4. The number of benzene rings is 4. The highest BCUT2D eigenvalue weighted by atomic mass is 32.2. The molecule has 5 rings (SSSR count). The van der Waals surface area contributed by atoms with Gasteiger partial charge in [-0.1, -0.05) is 6.07 Å². The van der Waals surface area contributed by atoms with Gasteiger partial charge in [0.05, 0.1) is 22.9 Å². The standard InChI is InChI=1S/C30H23N9O10S2/c1-2-49-24-13-19(33-27(40)16-3-6-18(7-4-16)36-39-26-28(41)34-30(32-15-31)35-29(26)42)9-10-23(24)38-37-20-8-5-17-11-21(50(43,44)45)14-25(22(17)12-20)51(46,47)48/h3-14,26H,2H2,1H3,(H,33,40)(H,43,44,45)(H,46,47,48)(H2,32,34,35,41,42). The molecule has 5 N–H and O–H groups in total. The van der Waals surface area contributed by atoms with E-state index >= 15 is 0 Å². The summed E-state index contributed by atoms with van der Waals surface area (Å²) in [6.07, 6.45) is 1.44. The molecule has 0 aliphatic carbocycles. The second-order valence-corrected chi connectivity index (χ2v) is 13.1. The maximum Gasteiger partial charge on any atom is 0.295 e. The SMILES string of the molecule is CCOc1cc(NC(=O)c2ccc(N=NC3C(=O)NC(=NC#N)NC3=O)cc2)ccc1N=Nc1ccc2cc(S(=O)(=O)O)cc(S(=O)(=O)O)c2c1. The maximum atomic E-state index is 13.0. The number of fused-ring (bicyclic) bond motifs is 1. The largest absolute Gasteiger partial charge is 0.491 e. The van der Waals surface area contributed by atoms with Gasteiger partial charge in [0.2, 0.25) is 18.2 Å². The highest BCUT2D eigenvalue weighted by molar-refractivity contribution is 7.86. The third kappa shape index (κ3) is 8.58. The first-order chi connectivity index (χ1) is 24.2. The fraction of sp³-hybridized carbons (Fsp3) is 0.100. The number of aliphatic imine (C=N–C) groups is 1. The van der Waals surface area contributed by atoms with Gasteiger partial charge in [-0.2, -0.15) is 37.4 Å². The fourth-order valence-electron chi connectivity index (χ4n) is 4.51. The van der Waals surface area contributed by atoms with E-state index in [9.17, 15) is 40.3 Å². The maximum absolute atomic E-state index is 13.0. The summed E-state index contributed by atoms with van der Waals surface area (Å²) in [5.41, 5.74) is 1.15. The lowest BCUT2D eigenvalue weighted by molar-refractivity contribution is -0.131. The molecule has 260 valence electrons. The minimum Gasteiger partial charge on any atom is -0.491 e. The van der Waals surface area contributed by atoms with E-state index in [1.54, 1.807) is 6.92 Å². The Morgan fingerprint density at radius 3 is 2.20 bits per heavy atom. The van der Waals surface area contributed by atoms with Crippen LogP contribution in [0.15, 0.2) is 108 Å².